The van der Waals surface area contributed by atoms with Crippen LogP contribution in [-0.4, -0.2) is 46.8 Å². The first-order valence-corrected chi connectivity index (χ1v) is 10.6. The van der Waals surface area contributed by atoms with Crippen molar-refractivity contribution in [3.05, 3.63) is 65.3 Å². The molecular weight excluding hydrogens is 418 g/mol. The van der Waals surface area contributed by atoms with Crippen molar-refractivity contribution in [1.82, 2.24) is 24.2 Å². The summed E-state index contributed by atoms with van der Waals surface area (Å²) in [7, 11) is -0.613. The van der Waals surface area contributed by atoms with E-state index in [9.17, 15) is 13.2 Å². The molecule has 0 saturated carbocycles. The Balaban J connectivity index is 1.79. The number of pyridine rings is 2. The molecule has 3 aromatic heterocycles. The minimum Gasteiger partial charge on any atom is -0.384 e. The molecule has 0 bridgehead atoms. The fourth-order valence-corrected chi connectivity index (χ4v) is 3.84. The molecule has 4 rings (SSSR count). The first kappa shape index (κ1) is 20.4. The molecule has 0 atom stereocenters. The summed E-state index contributed by atoms with van der Waals surface area (Å²) in [6.45, 7) is 0. The van der Waals surface area contributed by atoms with E-state index in [0.29, 0.717) is 28.3 Å². The SMILES string of the molecule is CN(C)S(=O)(=O)c1ccc(Nc2nc(-c3ccc(N)nc3)cc3nc[nH]c(=O)c23)cc1. The van der Waals surface area contributed by atoms with Crippen molar-refractivity contribution >= 4 is 38.2 Å². The highest BCUT2D eigenvalue weighted by atomic mass is 32.2. The number of nitrogens with zero attached hydrogens (tertiary/aromatic N) is 4. The number of nitrogens with one attached hydrogen (secondary N) is 2. The number of hydrogen-bond acceptors (Lipinski definition) is 8. The predicted octanol–water partition coefficient (Wildman–Crippen LogP) is 1.96. The molecule has 31 heavy (non-hydrogen) atoms. The van der Waals surface area contributed by atoms with Gasteiger partial charge < -0.3 is 16.0 Å². The maximum Gasteiger partial charge on any atom is 0.262 e. The van der Waals surface area contributed by atoms with Crippen molar-refractivity contribution < 1.29 is 8.42 Å². The van der Waals surface area contributed by atoms with E-state index in [1.165, 1.54) is 32.6 Å². The molecule has 0 aliphatic carbocycles. The van der Waals surface area contributed by atoms with Crippen molar-refractivity contribution in [1.29, 1.82) is 0 Å². The van der Waals surface area contributed by atoms with E-state index in [1.54, 1.807) is 36.5 Å². The van der Waals surface area contributed by atoms with Gasteiger partial charge in [0.2, 0.25) is 10.0 Å². The summed E-state index contributed by atoms with van der Waals surface area (Å²) in [5, 5.41) is 3.37. The third kappa shape index (κ3) is 3.96. The zero-order valence-electron chi connectivity index (χ0n) is 16.7. The van der Waals surface area contributed by atoms with E-state index in [1.807, 2.05) is 0 Å². The molecule has 4 aromatic rings. The van der Waals surface area contributed by atoms with Gasteiger partial charge in [0.05, 0.1) is 22.4 Å². The second-order valence-corrected chi connectivity index (χ2v) is 9.04. The first-order chi connectivity index (χ1) is 14.8. The van der Waals surface area contributed by atoms with Crippen LogP contribution < -0.4 is 16.6 Å². The zero-order chi connectivity index (χ0) is 22.2. The first-order valence-electron chi connectivity index (χ1n) is 9.15. The summed E-state index contributed by atoms with van der Waals surface area (Å²) in [6, 6.07) is 11.3. The van der Waals surface area contributed by atoms with E-state index in [4.69, 9.17) is 5.73 Å². The van der Waals surface area contributed by atoms with Gasteiger partial charge in [-0.05, 0) is 42.5 Å². The topological polar surface area (TPSA) is 147 Å². The molecule has 0 amide bonds. The zero-order valence-corrected chi connectivity index (χ0v) is 17.5. The van der Waals surface area contributed by atoms with E-state index >= 15 is 0 Å². The van der Waals surface area contributed by atoms with Crippen LogP contribution in [0.1, 0.15) is 0 Å². The van der Waals surface area contributed by atoms with Crippen molar-refractivity contribution in [2.75, 3.05) is 25.1 Å². The number of nitrogen functional groups attached to an aromatic ring is 1. The summed E-state index contributed by atoms with van der Waals surface area (Å²) >= 11 is 0. The van der Waals surface area contributed by atoms with Crippen molar-refractivity contribution in [2.24, 2.45) is 0 Å². The lowest BCUT2D eigenvalue weighted by molar-refractivity contribution is 0.521. The number of aromatic nitrogens is 4. The Labute approximate surface area is 177 Å². The fraction of sp³-hybridized carbons (Fsp3) is 0.100. The number of anilines is 3. The molecule has 0 unspecified atom stereocenters. The van der Waals surface area contributed by atoms with Gasteiger partial charge in [-0.3, -0.25) is 4.79 Å². The van der Waals surface area contributed by atoms with Crippen molar-refractivity contribution in [3.8, 4) is 11.3 Å². The van der Waals surface area contributed by atoms with Gasteiger partial charge in [-0.2, -0.15) is 0 Å². The minimum atomic E-state index is -3.55. The highest BCUT2D eigenvalue weighted by molar-refractivity contribution is 7.89. The third-order valence-electron chi connectivity index (χ3n) is 4.60. The van der Waals surface area contributed by atoms with Gasteiger partial charge in [0.1, 0.15) is 17.0 Å². The molecule has 0 radical (unpaired) electrons. The Bertz CT molecular complexity index is 1410. The van der Waals surface area contributed by atoms with E-state index < -0.39 is 10.0 Å². The molecule has 0 aliphatic rings. The lowest BCUT2D eigenvalue weighted by atomic mass is 10.1. The molecule has 4 N–H and O–H groups in total. The van der Waals surface area contributed by atoms with Crippen molar-refractivity contribution in [3.63, 3.8) is 0 Å². The monoisotopic (exact) mass is 437 g/mol. The Hall–Kier alpha value is -3.83. The maximum absolute atomic E-state index is 12.5. The van der Waals surface area contributed by atoms with Crippen molar-refractivity contribution in [2.45, 2.75) is 4.90 Å². The highest BCUT2D eigenvalue weighted by Crippen LogP contribution is 2.27. The van der Waals surface area contributed by atoms with Crippen LogP contribution in [0.25, 0.3) is 22.2 Å². The van der Waals surface area contributed by atoms with E-state index in [0.717, 1.165) is 4.31 Å². The Morgan fingerprint density at radius 3 is 2.45 bits per heavy atom. The fourth-order valence-electron chi connectivity index (χ4n) is 2.94. The van der Waals surface area contributed by atoms with Gasteiger partial charge in [-0.1, -0.05) is 0 Å². The van der Waals surface area contributed by atoms with Crippen LogP contribution in [0.15, 0.2) is 64.7 Å². The average molecular weight is 437 g/mol. The molecule has 0 saturated heterocycles. The van der Waals surface area contributed by atoms with Crippen LogP contribution in [0.4, 0.5) is 17.3 Å². The largest absolute Gasteiger partial charge is 0.384 e. The second-order valence-electron chi connectivity index (χ2n) is 6.89. The average Bonchev–Trinajstić information content (AvgIpc) is 2.74. The molecule has 3 heterocycles. The second kappa shape index (κ2) is 7.78. The van der Waals surface area contributed by atoms with E-state index in [2.05, 4.69) is 25.3 Å². The maximum atomic E-state index is 12.5. The summed E-state index contributed by atoms with van der Waals surface area (Å²) in [6.07, 6.45) is 2.90. The molecule has 10 nitrogen and oxygen atoms in total. The van der Waals surface area contributed by atoms with Gasteiger partial charge in [0, 0.05) is 31.5 Å². The lowest BCUT2D eigenvalue weighted by Crippen LogP contribution is -2.22. The molecule has 0 spiro atoms. The minimum absolute atomic E-state index is 0.155. The number of nitrogens with two attached hydrogens (primary N) is 1. The lowest BCUT2D eigenvalue weighted by Gasteiger charge is -2.13. The van der Waals surface area contributed by atoms with Crippen LogP contribution >= 0.6 is 0 Å². The van der Waals surface area contributed by atoms with E-state index in [-0.39, 0.29) is 21.7 Å². The number of benzene rings is 1. The van der Waals surface area contributed by atoms with Crippen LogP contribution in [-0.2, 0) is 10.0 Å². The molecule has 0 aliphatic heterocycles. The van der Waals surface area contributed by atoms with Gasteiger partial charge in [-0.15, -0.1) is 0 Å². The smallest absolute Gasteiger partial charge is 0.262 e. The number of aromatic amines is 1. The number of hydrogen-bond donors (Lipinski definition) is 3. The summed E-state index contributed by atoms with van der Waals surface area (Å²) in [5.74, 6) is 0.659. The highest BCUT2D eigenvalue weighted by Gasteiger charge is 2.17. The standard InChI is InChI=1S/C20H19N7O3S/c1-27(2)31(29,30)14-6-4-13(5-7-14)25-19-18-16(23-11-24-20(18)28)9-15(26-19)12-3-8-17(21)22-10-12/h3-11H,1-2H3,(H2,21,22)(H,25,26)(H,23,24,28). The summed E-state index contributed by atoms with van der Waals surface area (Å²) < 4.78 is 25.7. The van der Waals surface area contributed by atoms with Crippen LogP contribution in [0, 0.1) is 0 Å². The Kier molecular flexibility index (Phi) is 5.13. The van der Waals surface area contributed by atoms with Gasteiger partial charge >= 0.3 is 0 Å². The number of sulfonamides is 1. The Morgan fingerprint density at radius 1 is 1.06 bits per heavy atom. The van der Waals surface area contributed by atoms with Gasteiger partial charge in [0.15, 0.2) is 0 Å². The molecule has 1 aromatic carbocycles. The Morgan fingerprint density at radius 2 is 1.81 bits per heavy atom. The number of fused-ring (bicyclic) bond motifs is 1. The van der Waals surface area contributed by atoms with Gasteiger partial charge in [0.25, 0.3) is 5.56 Å². The van der Waals surface area contributed by atoms with Crippen LogP contribution in [0.3, 0.4) is 0 Å². The van der Waals surface area contributed by atoms with Crippen LogP contribution in [0.2, 0.25) is 0 Å². The number of rotatable bonds is 5. The molecule has 158 valence electrons. The number of H-pyrrole nitrogens is 1. The normalized spacial score (nSPS) is 11.7. The van der Waals surface area contributed by atoms with Crippen LogP contribution in [0.5, 0.6) is 0 Å². The quantitative estimate of drug-likeness (QED) is 0.429. The summed E-state index contributed by atoms with van der Waals surface area (Å²) in [4.78, 5) is 28.1. The molecule has 11 heteroatoms. The van der Waals surface area contributed by atoms with Gasteiger partial charge in [-0.25, -0.2) is 27.7 Å². The summed E-state index contributed by atoms with van der Waals surface area (Å²) in [5.41, 5.74) is 7.56. The molecular formula is C20H19N7O3S. The predicted molar refractivity (Wildman–Crippen MR) is 118 cm³/mol. The molecule has 0 fully saturated rings. The third-order valence-corrected chi connectivity index (χ3v) is 6.43.